The van der Waals surface area contributed by atoms with Gasteiger partial charge in [0.15, 0.2) is 0 Å². The molecule has 0 atom stereocenters. The van der Waals surface area contributed by atoms with E-state index in [9.17, 15) is 14.4 Å². The third-order valence-corrected chi connectivity index (χ3v) is 4.79. The summed E-state index contributed by atoms with van der Waals surface area (Å²) in [4.78, 5) is 39.9. The second kappa shape index (κ2) is 6.78. The minimum atomic E-state index is -0.306. The van der Waals surface area contributed by atoms with E-state index in [-0.39, 0.29) is 17.7 Å². The molecule has 1 aliphatic rings. The summed E-state index contributed by atoms with van der Waals surface area (Å²) < 4.78 is 0. The van der Waals surface area contributed by atoms with Gasteiger partial charge in [-0.05, 0) is 47.5 Å². The van der Waals surface area contributed by atoms with E-state index >= 15 is 0 Å². The maximum absolute atomic E-state index is 12.6. The first-order chi connectivity index (χ1) is 13.5. The molecule has 138 valence electrons. The van der Waals surface area contributed by atoms with E-state index in [0.717, 1.165) is 11.1 Å². The van der Waals surface area contributed by atoms with Crippen LogP contribution in [-0.4, -0.2) is 36.7 Å². The van der Waals surface area contributed by atoms with Crippen molar-refractivity contribution >= 4 is 23.4 Å². The van der Waals surface area contributed by atoms with Gasteiger partial charge in [-0.15, -0.1) is 0 Å². The maximum atomic E-state index is 12.6. The number of rotatable bonds is 3. The van der Waals surface area contributed by atoms with Crippen molar-refractivity contribution in [1.29, 1.82) is 0 Å². The Morgan fingerprint density at radius 1 is 0.714 bits per heavy atom. The van der Waals surface area contributed by atoms with Gasteiger partial charge in [-0.25, -0.2) is 4.90 Å². The van der Waals surface area contributed by atoms with Crippen LogP contribution in [0.2, 0.25) is 0 Å². The van der Waals surface area contributed by atoms with Crippen LogP contribution in [0.5, 0.6) is 0 Å². The number of benzene rings is 3. The number of nitrogens with zero attached hydrogens (tertiary/aromatic N) is 2. The number of anilines is 1. The molecule has 3 amide bonds. The summed E-state index contributed by atoms with van der Waals surface area (Å²) in [5.74, 6) is -0.660. The number of fused-ring (bicyclic) bond motifs is 1. The molecule has 0 bridgehead atoms. The molecule has 0 aromatic heterocycles. The number of imide groups is 1. The second-order valence-electron chi connectivity index (χ2n) is 6.82. The van der Waals surface area contributed by atoms with E-state index in [4.69, 9.17) is 0 Å². The van der Waals surface area contributed by atoms with Crippen molar-refractivity contribution < 1.29 is 14.4 Å². The topological polar surface area (TPSA) is 57.7 Å². The Kier molecular flexibility index (Phi) is 4.28. The Hall–Kier alpha value is -3.73. The smallest absolute Gasteiger partial charge is 0.266 e. The zero-order valence-corrected chi connectivity index (χ0v) is 15.5. The van der Waals surface area contributed by atoms with E-state index in [2.05, 4.69) is 0 Å². The molecule has 0 aliphatic carbocycles. The summed E-state index contributed by atoms with van der Waals surface area (Å²) in [5, 5.41) is 0. The third-order valence-electron chi connectivity index (χ3n) is 4.79. The Bertz CT molecular complexity index is 1050. The second-order valence-corrected chi connectivity index (χ2v) is 6.82. The molecule has 0 fully saturated rings. The number of hydrogen-bond donors (Lipinski definition) is 0. The molecule has 0 N–H and O–H groups in total. The molecule has 0 unspecified atom stereocenters. The van der Waals surface area contributed by atoms with Crippen LogP contribution in [0, 0.1) is 0 Å². The third kappa shape index (κ3) is 2.87. The van der Waals surface area contributed by atoms with Crippen LogP contribution in [-0.2, 0) is 0 Å². The van der Waals surface area contributed by atoms with E-state index in [0.29, 0.717) is 22.4 Å². The van der Waals surface area contributed by atoms with Gasteiger partial charge in [-0.2, -0.15) is 0 Å². The van der Waals surface area contributed by atoms with E-state index in [1.54, 1.807) is 62.6 Å². The van der Waals surface area contributed by atoms with Gasteiger partial charge in [-0.3, -0.25) is 14.4 Å². The van der Waals surface area contributed by atoms with E-state index in [1.165, 1.54) is 9.80 Å². The fraction of sp³-hybridized carbons (Fsp3) is 0.0870. The molecule has 1 heterocycles. The monoisotopic (exact) mass is 370 g/mol. The van der Waals surface area contributed by atoms with Crippen LogP contribution in [0.25, 0.3) is 11.1 Å². The fourth-order valence-electron chi connectivity index (χ4n) is 3.29. The van der Waals surface area contributed by atoms with Crippen LogP contribution < -0.4 is 4.90 Å². The van der Waals surface area contributed by atoms with Crippen LogP contribution >= 0.6 is 0 Å². The summed E-state index contributed by atoms with van der Waals surface area (Å²) in [7, 11) is 3.43. The summed E-state index contributed by atoms with van der Waals surface area (Å²) in [6.07, 6.45) is 0. The van der Waals surface area contributed by atoms with Gasteiger partial charge in [0.05, 0.1) is 16.8 Å². The minimum Gasteiger partial charge on any atom is -0.345 e. The van der Waals surface area contributed by atoms with Crippen LogP contribution in [0.4, 0.5) is 5.69 Å². The van der Waals surface area contributed by atoms with Crippen molar-refractivity contribution in [2.45, 2.75) is 0 Å². The van der Waals surface area contributed by atoms with Gasteiger partial charge in [0.1, 0.15) is 0 Å². The quantitative estimate of drug-likeness (QED) is 0.658. The first-order valence-corrected chi connectivity index (χ1v) is 8.87. The molecule has 4 rings (SSSR count). The van der Waals surface area contributed by atoms with Gasteiger partial charge in [-0.1, -0.05) is 36.4 Å². The van der Waals surface area contributed by atoms with E-state index in [1.807, 2.05) is 24.3 Å². The van der Waals surface area contributed by atoms with Gasteiger partial charge in [0.2, 0.25) is 0 Å². The highest BCUT2D eigenvalue weighted by Gasteiger charge is 2.36. The van der Waals surface area contributed by atoms with Crippen molar-refractivity contribution in [3.63, 3.8) is 0 Å². The Labute approximate surface area is 162 Å². The zero-order chi connectivity index (χ0) is 19.8. The normalized spacial score (nSPS) is 12.9. The molecule has 5 heteroatoms. The van der Waals surface area contributed by atoms with Crippen molar-refractivity contribution in [3.05, 3.63) is 89.5 Å². The average molecular weight is 370 g/mol. The Morgan fingerprint density at radius 2 is 1.18 bits per heavy atom. The molecular formula is C23H18N2O3. The van der Waals surface area contributed by atoms with Crippen LogP contribution in [0.1, 0.15) is 31.1 Å². The van der Waals surface area contributed by atoms with Gasteiger partial charge < -0.3 is 4.90 Å². The van der Waals surface area contributed by atoms with Crippen LogP contribution in [0.3, 0.4) is 0 Å². The Balaban J connectivity index is 1.59. The predicted molar refractivity (Wildman–Crippen MR) is 107 cm³/mol. The summed E-state index contributed by atoms with van der Waals surface area (Å²) in [6, 6.07) is 21.4. The molecule has 0 radical (unpaired) electrons. The van der Waals surface area contributed by atoms with Crippen molar-refractivity contribution in [2.24, 2.45) is 0 Å². The van der Waals surface area contributed by atoms with Gasteiger partial charge in [0, 0.05) is 19.7 Å². The highest BCUT2D eigenvalue weighted by atomic mass is 16.2. The number of hydrogen-bond acceptors (Lipinski definition) is 3. The first kappa shape index (κ1) is 17.7. The molecule has 1 aliphatic heterocycles. The van der Waals surface area contributed by atoms with Crippen molar-refractivity contribution in [3.8, 4) is 11.1 Å². The average Bonchev–Trinajstić information content (AvgIpc) is 2.98. The predicted octanol–water partition coefficient (Wildman–Crippen LogP) is 3.86. The standard InChI is InChI=1S/C23H18N2O3/c1-24(2)21(26)17-9-7-15(8-10-17)16-11-13-18(14-12-16)25-22(27)19-5-3-4-6-20(19)23(25)28/h3-14H,1-2H3. The molecule has 0 saturated heterocycles. The highest BCUT2D eigenvalue weighted by Crippen LogP contribution is 2.30. The Morgan fingerprint density at radius 3 is 1.64 bits per heavy atom. The largest absolute Gasteiger partial charge is 0.345 e. The summed E-state index contributed by atoms with van der Waals surface area (Å²) in [6.45, 7) is 0. The molecule has 5 nitrogen and oxygen atoms in total. The zero-order valence-electron chi connectivity index (χ0n) is 15.5. The molecule has 3 aromatic rings. The lowest BCUT2D eigenvalue weighted by molar-refractivity contribution is 0.0826. The number of carbonyl (C=O) groups excluding carboxylic acids is 3. The highest BCUT2D eigenvalue weighted by molar-refractivity contribution is 6.34. The molecule has 0 spiro atoms. The fourth-order valence-corrected chi connectivity index (χ4v) is 3.29. The number of carbonyl (C=O) groups is 3. The van der Waals surface area contributed by atoms with Crippen LogP contribution in [0.15, 0.2) is 72.8 Å². The maximum Gasteiger partial charge on any atom is 0.266 e. The first-order valence-electron chi connectivity index (χ1n) is 8.87. The lowest BCUT2D eigenvalue weighted by Crippen LogP contribution is -2.29. The SMILES string of the molecule is CN(C)C(=O)c1ccc(-c2ccc(N3C(=O)c4ccccc4C3=O)cc2)cc1. The molecule has 3 aromatic carbocycles. The minimum absolute atomic E-state index is 0.0486. The van der Waals surface area contributed by atoms with Crippen molar-refractivity contribution in [2.75, 3.05) is 19.0 Å². The molecular weight excluding hydrogens is 352 g/mol. The summed E-state index contributed by atoms with van der Waals surface area (Å²) >= 11 is 0. The molecule has 28 heavy (non-hydrogen) atoms. The molecule has 0 saturated carbocycles. The van der Waals surface area contributed by atoms with E-state index < -0.39 is 0 Å². The number of amides is 3. The lowest BCUT2D eigenvalue weighted by atomic mass is 10.0. The van der Waals surface area contributed by atoms with Crippen molar-refractivity contribution in [1.82, 2.24) is 4.90 Å². The van der Waals surface area contributed by atoms with Gasteiger partial charge in [0.25, 0.3) is 17.7 Å². The lowest BCUT2D eigenvalue weighted by Gasteiger charge is -2.14. The van der Waals surface area contributed by atoms with Gasteiger partial charge >= 0.3 is 0 Å². The summed E-state index contributed by atoms with van der Waals surface area (Å²) in [5.41, 5.74) is 3.90.